The summed E-state index contributed by atoms with van der Waals surface area (Å²) >= 11 is 0. The highest BCUT2D eigenvalue weighted by Crippen LogP contribution is 2.46. The average molecular weight is 1340 g/mol. The zero-order valence-electron chi connectivity index (χ0n) is 56.7. The van der Waals surface area contributed by atoms with E-state index in [1.165, 1.54) is 0 Å². The fourth-order valence-electron chi connectivity index (χ4n) is 8.84. The molecule has 5 unspecified atom stereocenters. The Hall–Kier alpha value is -3.25. The summed E-state index contributed by atoms with van der Waals surface area (Å²) in [5, 5.41) is 0.173. The lowest BCUT2D eigenvalue weighted by Gasteiger charge is -2.50. The Labute approximate surface area is 513 Å². The maximum atomic E-state index is 16.1. The molecule has 472 valence electrons. The van der Waals surface area contributed by atoms with Gasteiger partial charge in [0.25, 0.3) is 0 Å². The molecule has 3 aromatic carbocycles. The number of esters is 1. The summed E-state index contributed by atoms with van der Waals surface area (Å²) in [5.74, 6) is 2.59. The van der Waals surface area contributed by atoms with E-state index in [9.17, 15) is 4.79 Å². The number of fused-ring (bicyclic) bond motifs is 1. The van der Waals surface area contributed by atoms with Crippen LogP contribution in [0.15, 0.2) is 51.7 Å². The molecule has 84 heavy (non-hydrogen) atoms. The Kier molecular flexibility index (Phi) is 21.9. The first kappa shape index (κ1) is 71.5. The van der Waals surface area contributed by atoms with Gasteiger partial charge in [0.2, 0.25) is 75.7 Å². The topological polar surface area (TPSA) is 167 Å². The van der Waals surface area contributed by atoms with Gasteiger partial charge < -0.3 is 62.9 Å². The molecule has 0 spiro atoms. The molecular weight excluding hydrogens is 1230 g/mol. The number of carbonyl (C=O) groups is 1. The lowest BCUT2D eigenvalue weighted by atomic mass is 9.99. The first-order valence-electron chi connectivity index (χ1n) is 29.4. The minimum Gasteiger partial charge on any atom is -0.544 e. The van der Waals surface area contributed by atoms with E-state index in [2.05, 4.69) is 196 Å². The monoisotopic (exact) mass is 1340 g/mol. The van der Waals surface area contributed by atoms with E-state index >= 15 is 4.79 Å². The fourth-order valence-corrected chi connectivity index (χ4v) is 17.8. The van der Waals surface area contributed by atoms with Gasteiger partial charge in [-0.2, -0.15) is 0 Å². The van der Waals surface area contributed by atoms with Crippen LogP contribution in [0.5, 0.6) is 46.0 Å². The number of carbonyl (C=O) groups excluding carboxylic acids is 1. The van der Waals surface area contributed by atoms with E-state index in [4.69, 9.17) is 62.9 Å². The van der Waals surface area contributed by atoms with Crippen LogP contribution in [0, 0.1) is 0 Å². The molecule has 1 aliphatic rings. The van der Waals surface area contributed by atoms with Gasteiger partial charge in [-0.25, -0.2) is 4.79 Å². The van der Waals surface area contributed by atoms with Crippen LogP contribution in [0.1, 0.15) is 10.4 Å². The fraction of sp³-hybridized carbons (Fsp3) is 0.621. The third-order valence-electron chi connectivity index (χ3n) is 10.9. The highest BCUT2D eigenvalue weighted by molar-refractivity contribution is 6.74. The Morgan fingerprint density at radius 2 is 0.857 bits per heavy atom. The van der Waals surface area contributed by atoms with Crippen molar-refractivity contribution in [2.24, 2.45) is 0 Å². The van der Waals surface area contributed by atoms with Crippen molar-refractivity contribution in [2.45, 2.75) is 227 Å². The molecule has 1 fully saturated rings. The zero-order valence-corrected chi connectivity index (χ0v) is 66.7. The zero-order chi connectivity index (χ0) is 64.1. The Morgan fingerprint density at radius 3 is 1.32 bits per heavy atom. The summed E-state index contributed by atoms with van der Waals surface area (Å²) < 4.78 is 96.5. The Morgan fingerprint density at radius 1 is 0.429 bits per heavy atom. The van der Waals surface area contributed by atoms with Crippen molar-refractivity contribution in [1.29, 1.82) is 0 Å². The van der Waals surface area contributed by atoms with E-state index in [0.717, 1.165) is 0 Å². The van der Waals surface area contributed by atoms with E-state index < -0.39 is 125 Å². The third kappa shape index (κ3) is 22.7. The highest BCUT2D eigenvalue weighted by Gasteiger charge is 2.53. The third-order valence-corrected chi connectivity index (χ3v) is 19.7. The van der Waals surface area contributed by atoms with Gasteiger partial charge in [0, 0.05) is 17.7 Å². The van der Waals surface area contributed by atoms with E-state index in [-0.39, 0.29) is 34.6 Å². The van der Waals surface area contributed by atoms with Gasteiger partial charge in [-0.15, -0.1) is 0 Å². The van der Waals surface area contributed by atoms with Gasteiger partial charge in [0.15, 0.2) is 36.5 Å². The van der Waals surface area contributed by atoms with Crippen LogP contribution in [0.25, 0.3) is 22.3 Å². The molecule has 0 bridgehead atoms. The summed E-state index contributed by atoms with van der Waals surface area (Å²) in [4.78, 5) is 30.9. The molecule has 0 N–H and O–H groups in total. The maximum Gasteiger partial charge on any atom is 0.338 e. The van der Waals surface area contributed by atoms with Crippen LogP contribution in [-0.2, 0) is 22.8 Å². The minimum atomic E-state index is -2.56. The van der Waals surface area contributed by atoms with Crippen molar-refractivity contribution < 1.29 is 67.7 Å². The lowest BCUT2D eigenvalue weighted by molar-refractivity contribution is -0.266. The van der Waals surface area contributed by atoms with Crippen molar-refractivity contribution in [3.8, 4) is 57.3 Å². The van der Waals surface area contributed by atoms with Gasteiger partial charge in [-0.05, 0) is 227 Å². The molecule has 16 nitrogen and oxygen atoms in total. The highest BCUT2D eigenvalue weighted by atomic mass is 28.4. The number of benzene rings is 3. The van der Waals surface area contributed by atoms with Crippen molar-refractivity contribution in [2.75, 3.05) is 6.61 Å². The Balaban J connectivity index is 1.84. The van der Waals surface area contributed by atoms with E-state index in [0.29, 0.717) is 45.8 Å². The predicted molar refractivity (Wildman–Crippen MR) is 366 cm³/mol. The second-order valence-corrected chi connectivity index (χ2v) is 76.1. The summed E-state index contributed by atoms with van der Waals surface area (Å²) in [7, 11) is -23.4. The van der Waals surface area contributed by atoms with Crippen LogP contribution < -0.4 is 41.1 Å². The lowest BCUT2D eigenvalue weighted by Crippen LogP contribution is -2.67. The molecule has 1 aliphatic heterocycles. The molecule has 0 aliphatic carbocycles. The summed E-state index contributed by atoms with van der Waals surface area (Å²) in [6.45, 7) is 62.4. The molecule has 4 aromatic rings. The average Bonchev–Trinajstić information content (AvgIpc) is 1.47. The Bertz CT molecular complexity index is 2970. The van der Waals surface area contributed by atoms with Crippen LogP contribution in [0.4, 0.5) is 0 Å². The molecule has 26 heteroatoms. The first-order chi connectivity index (χ1) is 37.6. The summed E-state index contributed by atoms with van der Waals surface area (Å²) in [6.07, 6.45) is -5.00. The van der Waals surface area contributed by atoms with Crippen LogP contribution in [-0.4, -0.2) is 126 Å². The van der Waals surface area contributed by atoms with E-state index in [1.807, 2.05) is 18.2 Å². The molecule has 5 rings (SSSR count). The molecule has 0 saturated carbocycles. The number of hydrogen-bond acceptors (Lipinski definition) is 16. The van der Waals surface area contributed by atoms with Gasteiger partial charge in [-0.3, -0.25) is 4.79 Å². The van der Waals surface area contributed by atoms with Gasteiger partial charge in [-0.1, -0.05) is 0 Å². The van der Waals surface area contributed by atoms with Crippen LogP contribution in [0.3, 0.4) is 0 Å². The summed E-state index contributed by atoms with van der Waals surface area (Å²) in [6, 6.07) is 12.5. The minimum absolute atomic E-state index is 0.104. The quantitative estimate of drug-likeness (QED) is 0.0430. The molecule has 2 heterocycles. The standard InChI is InChI=1S/C58H104O16Si10/c1-75(2,3)65-41-36-44-49(45(37-41)68-78(10,11)12)50(59)54(51(62-44)39-31-32-42(66-76(4,5)6)43(33-39)67-77(7,8)9)64-58-56(74-84(28,29)30)55(73-83(25,26)27)53(72-82(22,23)24)48(63-58)38-61-57(60)40-34-46(69-79(13,14)15)52(71-81(19,20)21)47(35-40)70-80(16,17)18/h31-37,48,53,55-56,58H,38H2,1-30H3. The largest absolute Gasteiger partial charge is 0.544 e. The smallest absolute Gasteiger partial charge is 0.338 e. The van der Waals surface area contributed by atoms with E-state index in [1.54, 1.807) is 24.3 Å². The van der Waals surface area contributed by atoms with Crippen molar-refractivity contribution in [1.82, 2.24) is 0 Å². The molecule has 5 atom stereocenters. The van der Waals surface area contributed by atoms with Gasteiger partial charge >= 0.3 is 5.97 Å². The van der Waals surface area contributed by atoms with Crippen molar-refractivity contribution in [3.05, 3.63) is 58.3 Å². The second-order valence-electron chi connectivity index (χ2n) is 31.7. The van der Waals surface area contributed by atoms with Crippen molar-refractivity contribution >= 4 is 100 Å². The number of ether oxygens (including phenoxy) is 3. The van der Waals surface area contributed by atoms with Gasteiger partial charge in [0.1, 0.15) is 76.5 Å². The molecule has 1 aromatic heterocycles. The second kappa shape index (κ2) is 25.7. The van der Waals surface area contributed by atoms with Gasteiger partial charge in [0.05, 0.1) is 5.56 Å². The summed E-state index contributed by atoms with van der Waals surface area (Å²) in [5.41, 5.74) is 0.433. The maximum absolute atomic E-state index is 16.1. The first-order valence-corrected chi connectivity index (χ1v) is 63.5. The molecule has 0 amide bonds. The van der Waals surface area contributed by atoms with Crippen LogP contribution >= 0.6 is 0 Å². The van der Waals surface area contributed by atoms with Crippen molar-refractivity contribution in [3.63, 3.8) is 0 Å². The molecule has 1 saturated heterocycles. The molecule has 0 radical (unpaired) electrons. The number of rotatable bonds is 26. The van der Waals surface area contributed by atoms with Crippen LogP contribution in [0.2, 0.25) is 196 Å². The molecular formula is C58H104O16Si10. The predicted octanol–water partition coefficient (Wildman–Crippen LogP) is 16.6. The number of hydrogen-bond donors (Lipinski definition) is 0. The SMILES string of the molecule is C[Si](C)(C)Oc1cc(O[Si](C)(C)C)c2c(=O)c(OC3OC(COC(=O)c4cc(O[Si](C)(C)C)c(O[Si](C)(C)C)c(O[Si](C)(C)C)c4)C(O[Si](C)(C)C)C(O[Si](C)(C)C)C3O[Si](C)(C)C)c(-c3ccc(O[Si](C)(C)C)c(O[Si](C)(C)C)c3)oc2c1. The normalized spacial score (nSPS) is 19.0.